The highest BCUT2D eigenvalue weighted by Crippen LogP contribution is 2.33. The molecule has 2 aromatic rings. The van der Waals surface area contributed by atoms with Gasteiger partial charge in [0, 0.05) is 11.4 Å². The summed E-state index contributed by atoms with van der Waals surface area (Å²) in [7, 11) is 0. The Hall–Kier alpha value is -2.39. The lowest BCUT2D eigenvalue weighted by atomic mass is 9.91. The highest BCUT2D eigenvalue weighted by atomic mass is 32.2. The Morgan fingerprint density at radius 1 is 1.29 bits per heavy atom. The molecule has 1 aliphatic rings. The maximum atomic E-state index is 12.8. The normalized spacial score (nSPS) is 16.6. The Bertz CT molecular complexity index is 939. The van der Waals surface area contributed by atoms with E-state index in [4.69, 9.17) is 4.74 Å². The van der Waals surface area contributed by atoms with Gasteiger partial charge in [-0.2, -0.15) is 0 Å². The summed E-state index contributed by atoms with van der Waals surface area (Å²) in [5, 5.41) is 14.6. The van der Waals surface area contributed by atoms with Crippen molar-refractivity contribution < 1.29 is 14.3 Å². The van der Waals surface area contributed by atoms with Gasteiger partial charge in [-0.25, -0.2) is 9.59 Å². The number of hydrogen-bond acceptors (Lipinski definition) is 7. The summed E-state index contributed by atoms with van der Waals surface area (Å²) in [6.45, 7) is 7.88. The average Bonchev–Trinajstić information content (AvgIpc) is 3.05. The molecule has 3 rings (SSSR count). The van der Waals surface area contributed by atoms with Gasteiger partial charge in [-0.3, -0.25) is 0 Å². The van der Waals surface area contributed by atoms with Gasteiger partial charge in [0.15, 0.2) is 4.34 Å². The smallest absolute Gasteiger partial charge is 0.338 e. The first-order chi connectivity index (χ1) is 13.4. The molecule has 7 nitrogen and oxygen atoms in total. The monoisotopic (exact) mass is 418 g/mol. The van der Waals surface area contributed by atoms with E-state index < -0.39 is 12.0 Å². The lowest BCUT2D eigenvalue weighted by molar-refractivity contribution is -0.139. The van der Waals surface area contributed by atoms with E-state index in [-0.39, 0.29) is 12.6 Å². The molecule has 1 aromatic heterocycles. The van der Waals surface area contributed by atoms with Gasteiger partial charge in [-0.1, -0.05) is 46.9 Å². The topological polar surface area (TPSA) is 93.2 Å². The van der Waals surface area contributed by atoms with E-state index in [2.05, 4.69) is 20.8 Å². The molecule has 1 aromatic carbocycles. The molecular weight excluding hydrogens is 396 g/mol. The molecule has 0 bridgehead atoms. The zero-order valence-corrected chi connectivity index (χ0v) is 17.8. The van der Waals surface area contributed by atoms with Crippen molar-refractivity contribution in [2.75, 3.05) is 12.4 Å². The van der Waals surface area contributed by atoms with Crippen LogP contribution in [0.25, 0.3) is 0 Å². The molecule has 0 saturated carbocycles. The van der Waals surface area contributed by atoms with Gasteiger partial charge in [0.2, 0.25) is 0 Å². The van der Waals surface area contributed by atoms with Crippen LogP contribution in [0.4, 0.5) is 4.79 Å². The predicted octanol–water partition coefficient (Wildman–Crippen LogP) is 3.43. The van der Waals surface area contributed by atoms with Crippen LogP contribution in [0.5, 0.6) is 0 Å². The van der Waals surface area contributed by atoms with Crippen molar-refractivity contribution in [2.24, 2.45) is 0 Å². The molecule has 2 N–H and O–H groups in total. The maximum Gasteiger partial charge on any atom is 0.338 e. The van der Waals surface area contributed by atoms with Crippen molar-refractivity contribution in [2.45, 2.75) is 38.1 Å². The summed E-state index contributed by atoms with van der Waals surface area (Å²) < 4.78 is 6.08. The van der Waals surface area contributed by atoms with Crippen LogP contribution in [0.2, 0.25) is 0 Å². The van der Waals surface area contributed by atoms with E-state index in [1.165, 1.54) is 23.1 Å². The molecule has 0 fully saturated rings. The van der Waals surface area contributed by atoms with Gasteiger partial charge in [0.1, 0.15) is 5.01 Å². The second kappa shape index (κ2) is 8.74. The Balaban J connectivity index is 2.00. The zero-order chi connectivity index (χ0) is 20.3. The molecule has 0 saturated heterocycles. The quantitative estimate of drug-likeness (QED) is 0.551. The molecule has 0 unspecified atom stereocenters. The Kier molecular flexibility index (Phi) is 6.35. The predicted molar refractivity (Wildman–Crippen MR) is 109 cm³/mol. The third kappa shape index (κ3) is 4.53. The molecular formula is C19H22N4O3S2. The molecule has 2 amide bonds. The Morgan fingerprint density at radius 3 is 2.71 bits per heavy atom. The minimum absolute atomic E-state index is 0.256. The Labute approximate surface area is 172 Å². The number of carbonyl (C=O) groups is 2. The fourth-order valence-corrected chi connectivity index (χ4v) is 4.82. The zero-order valence-electron chi connectivity index (χ0n) is 16.2. The fourth-order valence-electron chi connectivity index (χ4n) is 3.04. The second-order valence-corrected chi connectivity index (χ2v) is 8.78. The van der Waals surface area contributed by atoms with Gasteiger partial charge in [-0.05, 0) is 38.8 Å². The molecule has 0 radical (unpaired) electrons. The van der Waals surface area contributed by atoms with Crippen LogP contribution in [0.15, 0.2) is 33.8 Å². The minimum Gasteiger partial charge on any atom is -0.463 e. The number of thioether (sulfide) groups is 1. The summed E-state index contributed by atoms with van der Waals surface area (Å²) in [6.07, 6.45) is 0. The van der Waals surface area contributed by atoms with Crippen molar-refractivity contribution in [1.82, 2.24) is 20.8 Å². The van der Waals surface area contributed by atoms with Crippen LogP contribution < -0.4 is 10.6 Å². The van der Waals surface area contributed by atoms with Crippen LogP contribution in [-0.2, 0) is 9.53 Å². The lowest BCUT2D eigenvalue weighted by Crippen LogP contribution is -2.46. The number of urea groups is 1. The molecule has 1 atom stereocenters. The third-order valence-electron chi connectivity index (χ3n) is 4.23. The first kappa shape index (κ1) is 20.3. The molecule has 28 heavy (non-hydrogen) atoms. The van der Waals surface area contributed by atoms with Crippen molar-refractivity contribution in [3.8, 4) is 0 Å². The second-order valence-electron chi connectivity index (χ2n) is 6.38. The number of amides is 2. The average molecular weight is 419 g/mol. The molecule has 0 aliphatic carbocycles. The van der Waals surface area contributed by atoms with Crippen molar-refractivity contribution in [3.05, 3.63) is 51.2 Å². The van der Waals surface area contributed by atoms with Crippen molar-refractivity contribution in [3.63, 3.8) is 0 Å². The highest BCUT2D eigenvalue weighted by molar-refractivity contribution is 8.01. The number of carbonyl (C=O) groups excluding carboxylic acids is 2. The van der Waals surface area contributed by atoms with E-state index in [1.54, 1.807) is 6.92 Å². The Morgan fingerprint density at radius 2 is 2.07 bits per heavy atom. The number of aryl methyl sites for hydroxylation is 3. The number of ether oxygens (including phenoxy) is 1. The summed E-state index contributed by atoms with van der Waals surface area (Å²) in [5.74, 6) is -0.0542. The summed E-state index contributed by atoms with van der Waals surface area (Å²) in [4.78, 5) is 25.1. The number of nitrogens with one attached hydrogen (secondary N) is 2. The first-order valence-electron chi connectivity index (χ1n) is 8.86. The van der Waals surface area contributed by atoms with Crippen molar-refractivity contribution in [1.29, 1.82) is 0 Å². The summed E-state index contributed by atoms with van der Waals surface area (Å²) in [5.41, 5.74) is 3.94. The molecule has 9 heteroatoms. The number of aromatic nitrogens is 2. The van der Waals surface area contributed by atoms with Crippen LogP contribution >= 0.6 is 23.1 Å². The summed E-state index contributed by atoms with van der Waals surface area (Å²) in [6, 6.07) is 5.03. The molecule has 1 aliphatic heterocycles. The van der Waals surface area contributed by atoms with Gasteiger partial charge < -0.3 is 15.4 Å². The van der Waals surface area contributed by atoms with Gasteiger partial charge >= 0.3 is 12.0 Å². The van der Waals surface area contributed by atoms with E-state index in [9.17, 15) is 9.59 Å². The van der Waals surface area contributed by atoms with Crippen LogP contribution in [0, 0.1) is 20.8 Å². The maximum absolute atomic E-state index is 12.8. The van der Waals surface area contributed by atoms with Gasteiger partial charge in [0.05, 0.1) is 18.2 Å². The number of benzene rings is 1. The van der Waals surface area contributed by atoms with E-state index in [0.717, 1.165) is 26.0 Å². The molecule has 0 spiro atoms. The lowest BCUT2D eigenvalue weighted by Gasteiger charge is -2.30. The van der Waals surface area contributed by atoms with Gasteiger partial charge in [0.25, 0.3) is 0 Å². The third-order valence-corrected chi connectivity index (χ3v) is 6.23. The number of hydrogen-bond donors (Lipinski definition) is 2. The van der Waals surface area contributed by atoms with Crippen LogP contribution in [0.1, 0.15) is 34.7 Å². The van der Waals surface area contributed by atoms with E-state index in [1.807, 2.05) is 39.0 Å². The minimum atomic E-state index is -0.569. The highest BCUT2D eigenvalue weighted by Gasteiger charge is 2.34. The van der Waals surface area contributed by atoms with Gasteiger partial charge in [-0.15, -0.1) is 10.2 Å². The van der Waals surface area contributed by atoms with Crippen molar-refractivity contribution >= 4 is 35.1 Å². The largest absolute Gasteiger partial charge is 0.463 e. The first-order valence-corrected chi connectivity index (χ1v) is 10.7. The van der Waals surface area contributed by atoms with E-state index in [0.29, 0.717) is 17.0 Å². The van der Waals surface area contributed by atoms with Crippen LogP contribution in [0.3, 0.4) is 0 Å². The van der Waals surface area contributed by atoms with Crippen LogP contribution in [-0.4, -0.2) is 34.6 Å². The number of rotatable bonds is 6. The molecule has 148 valence electrons. The summed E-state index contributed by atoms with van der Waals surface area (Å²) >= 11 is 2.90. The van der Waals surface area contributed by atoms with E-state index >= 15 is 0 Å². The number of esters is 1. The standard InChI is InChI=1S/C19H22N4O3S2/c1-5-26-17(24)15-14(9-27-19-23-22-12(4)28-19)20-18(25)21-16(15)13-7-6-10(2)8-11(13)3/h6-8,16H,5,9H2,1-4H3,(H2,20,21,25)/t16-/m0/s1. The molecule has 2 heterocycles. The fraction of sp³-hybridized carbons (Fsp3) is 0.368. The number of nitrogens with zero attached hydrogens (tertiary/aromatic N) is 2. The SMILES string of the molecule is CCOC(=O)C1=C(CSc2nnc(C)s2)NC(=O)N[C@H]1c1ccc(C)cc1C.